The molecule has 0 aromatic rings. The third-order valence-corrected chi connectivity index (χ3v) is 1.89. The van der Waals surface area contributed by atoms with E-state index in [4.69, 9.17) is 5.73 Å². The monoisotopic (exact) mass is 142 g/mol. The molecule has 3 radical (unpaired) electrons. The molecule has 0 atom stereocenters. The second-order valence-electron chi connectivity index (χ2n) is 2.69. The Bertz CT molecular complexity index is 66.5. The number of likely N-dealkylation sites (tertiary alicyclic amines) is 1. The Labute approximate surface area is 63.2 Å². The van der Waals surface area contributed by atoms with Gasteiger partial charge in [0.25, 0.3) is 0 Å². The van der Waals surface area contributed by atoms with Gasteiger partial charge in [0.05, 0.1) is 0 Å². The van der Waals surface area contributed by atoms with Crippen LogP contribution in [0.15, 0.2) is 0 Å². The zero-order valence-corrected chi connectivity index (χ0v) is 6.42. The molecule has 1 heterocycles. The third kappa shape index (κ3) is 3.15. The van der Waals surface area contributed by atoms with Crippen molar-refractivity contribution in [2.45, 2.75) is 19.3 Å². The Morgan fingerprint density at radius 1 is 1.10 bits per heavy atom. The maximum Gasteiger partial charge on any atom is 0.0105 e. The normalized spacial score (nSPS) is 20.1. The minimum Gasteiger partial charge on any atom is -0.329 e. The molecule has 2 N–H and O–H groups in total. The van der Waals surface area contributed by atoms with E-state index in [0.717, 1.165) is 13.1 Å². The van der Waals surface area contributed by atoms with Crippen molar-refractivity contribution >= 4 is 0 Å². The summed E-state index contributed by atoms with van der Waals surface area (Å²) in [5, 5.41) is 0. The molecule has 10 heavy (non-hydrogen) atoms. The van der Waals surface area contributed by atoms with Crippen molar-refractivity contribution in [3.05, 3.63) is 0 Å². The van der Waals surface area contributed by atoms with Crippen molar-refractivity contribution in [2.24, 2.45) is 5.73 Å². The first-order valence-corrected chi connectivity index (χ1v) is 3.86. The topological polar surface area (TPSA) is 59.8 Å². The van der Waals surface area contributed by atoms with Crippen molar-refractivity contribution in [1.82, 2.24) is 11.1 Å². The first-order valence-electron chi connectivity index (χ1n) is 3.86. The van der Waals surface area contributed by atoms with Crippen LogP contribution >= 0.6 is 0 Å². The minimum atomic E-state index is 0. The Hall–Kier alpha value is -0.120. The van der Waals surface area contributed by atoms with Crippen LogP contribution in [0.25, 0.3) is 0 Å². The maximum atomic E-state index is 5.42. The SMILES string of the molecule is NCCN1CCCCC1.[N]. The summed E-state index contributed by atoms with van der Waals surface area (Å²) in [6.07, 6.45) is 4.17. The van der Waals surface area contributed by atoms with Crippen molar-refractivity contribution in [3.8, 4) is 0 Å². The summed E-state index contributed by atoms with van der Waals surface area (Å²) in [5.41, 5.74) is 5.42. The summed E-state index contributed by atoms with van der Waals surface area (Å²) < 4.78 is 0. The van der Waals surface area contributed by atoms with Gasteiger partial charge >= 0.3 is 0 Å². The van der Waals surface area contributed by atoms with Gasteiger partial charge in [-0.15, -0.1) is 0 Å². The molecule has 0 aromatic heterocycles. The van der Waals surface area contributed by atoms with Crippen molar-refractivity contribution < 1.29 is 0 Å². The van der Waals surface area contributed by atoms with Crippen LogP contribution in [-0.4, -0.2) is 31.1 Å². The quantitative estimate of drug-likeness (QED) is 0.587. The summed E-state index contributed by atoms with van der Waals surface area (Å²) in [4.78, 5) is 2.45. The fourth-order valence-electron chi connectivity index (χ4n) is 1.37. The van der Waals surface area contributed by atoms with Gasteiger partial charge in [-0.1, -0.05) is 6.42 Å². The number of nitrogens with two attached hydrogens (primary N) is 1. The van der Waals surface area contributed by atoms with Crippen LogP contribution in [0.2, 0.25) is 0 Å². The first kappa shape index (κ1) is 9.88. The largest absolute Gasteiger partial charge is 0.329 e. The van der Waals surface area contributed by atoms with Crippen molar-refractivity contribution in [2.75, 3.05) is 26.2 Å². The number of rotatable bonds is 2. The molecule has 1 fully saturated rings. The molecule has 3 heteroatoms. The second-order valence-corrected chi connectivity index (χ2v) is 2.69. The van der Waals surface area contributed by atoms with E-state index in [2.05, 4.69) is 4.90 Å². The Morgan fingerprint density at radius 2 is 1.70 bits per heavy atom. The van der Waals surface area contributed by atoms with Crippen LogP contribution < -0.4 is 11.9 Å². The van der Waals surface area contributed by atoms with Gasteiger partial charge in [0.2, 0.25) is 0 Å². The number of hydrogen-bond donors (Lipinski definition) is 1. The molecule has 3 nitrogen and oxygen atoms in total. The lowest BCUT2D eigenvalue weighted by Gasteiger charge is -2.25. The predicted octanol–water partition coefficient (Wildman–Crippen LogP) is -0.0496. The van der Waals surface area contributed by atoms with Crippen LogP contribution in [-0.2, 0) is 0 Å². The van der Waals surface area contributed by atoms with Gasteiger partial charge in [0, 0.05) is 19.2 Å². The molecule has 1 aliphatic heterocycles. The Morgan fingerprint density at radius 3 is 2.20 bits per heavy atom. The van der Waals surface area contributed by atoms with E-state index in [1.54, 1.807) is 0 Å². The summed E-state index contributed by atoms with van der Waals surface area (Å²) in [6, 6.07) is 0. The molecular weight excluding hydrogens is 126 g/mol. The molecule has 1 rings (SSSR count). The molecule has 0 spiro atoms. The highest BCUT2D eigenvalue weighted by Gasteiger charge is 2.07. The molecule has 0 unspecified atom stereocenters. The highest BCUT2D eigenvalue weighted by atomic mass is 15.1. The lowest BCUT2D eigenvalue weighted by Crippen LogP contribution is -2.33. The summed E-state index contributed by atoms with van der Waals surface area (Å²) >= 11 is 0. The summed E-state index contributed by atoms with van der Waals surface area (Å²) in [6.45, 7) is 4.47. The van der Waals surface area contributed by atoms with Crippen LogP contribution in [0.5, 0.6) is 0 Å². The van der Waals surface area contributed by atoms with Crippen molar-refractivity contribution in [3.63, 3.8) is 0 Å². The fourth-order valence-corrected chi connectivity index (χ4v) is 1.37. The molecule has 0 amide bonds. The highest BCUT2D eigenvalue weighted by molar-refractivity contribution is 4.63. The standard InChI is InChI=1S/C7H16N2.N/c8-4-7-9-5-2-1-3-6-9;/h1-8H2;. The van der Waals surface area contributed by atoms with Gasteiger partial charge in [-0.2, -0.15) is 0 Å². The first-order chi connectivity index (χ1) is 4.43. The molecule has 0 bridgehead atoms. The average Bonchev–Trinajstić information content (AvgIpc) is 1.91. The fraction of sp³-hybridized carbons (Fsp3) is 1.00. The van der Waals surface area contributed by atoms with Gasteiger partial charge in [-0.05, 0) is 25.9 Å². The second kappa shape index (κ2) is 5.65. The molecule has 1 aliphatic rings. The van der Waals surface area contributed by atoms with Crippen LogP contribution in [0.1, 0.15) is 19.3 Å². The average molecular weight is 142 g/mol. The van der Waals surface area contributed by atoms with Crippen LogP contribution in [0.4, 0.5) is 0 Å². The van der Waals surface area contributed by atoms with E-state index < -0.39 is 0 Å². The summed E-state index contributed by atoms with van der Waals surface area (Å²) in [5.74, 6) is 0. The van der Waals surface area contributed by atoms with Gasteiger partial charge < -0.3 is 10.6 Å². The zero-order chi connectivity index (χ0) is 6.53. The van der Waals surface area contributed by atoms with Crippen LogP contribution in [0.3, 0.4) is 0 Å². The van der Waals surface area contributed by atoms with Gasteiger partial charge in [0.1, 0.15) is 0 Å². The van der Waals surface area contributed by atoms with Crippen molar-refractivity contribution in [1.29, 1.82) is 0 Å². The van der Waals surface area contributed by atoms with E-state index in [9.17, 15) is 0 Å². The third-order valence-electron chi connectivity index (χ3n) is 1.89. The van der Waals surface area contributed by atoms with Gasteiger partial charge in [-0.3, -0.25) is 0 Å². The minimum absolute atomic E-state index is 0. The van der Waals surface area contributed by atoms with E-state index in [0.29, 0.717) is 0 Å². The smallest absolute Gasteiger partial charge is 0.0105 e. The maximum absolute atomic E-state index is 5.42. The summed E-state index contributed by atoms with van der Waals surface area (Å²) in [7, 11) is 0. The Balaban J connectivity index is 0.000000810. The molecule has 0 aromatic carbocycles. The van der Waals surface area contributed by atoms with E-state index >= 15 is 0 Å². The van der Waals surface area contributed by atoms with Crippen LogP contribution in [0, 0.1) is 0 Å². The lowest BCUT2D eigenvalue weighted by atomic mass is 10.1. The number of piperidine rings is 1. The Kier molecular flexibility index (Phi) is 5.58. The van der Waals surface area contributed by atoms with E-state index in [-0.39, 0.29) is 6.15 Å². The highest BCUT2D eigenvalue weighted by Crippen LogP contribution is 2.06. The molecular formula is C7H16N3. The lowest BCUT2D eigenvalue weighted by molar-refractivity contribution is 0.235. The van der Waals surface area contributed by atoms with E-state index in [1.165, 1.54) is 32.4 Å². The molecule has 0 aliphatic carbocycles. The predicted molar refractivity (Wildman–Crippen MR) is 41.5 cm³/mol. The number of hydrogen-bond acceptors (Lipinski definition) is 2. The van der Waals surface area contributed by atoms with E-state index in [1.807, 2.05) is 0 Å². The number of nitrogens with zero attached hydrogens (tertiary/aromatic N) is 2. The van der Waals surface area contributed by atoms with Gasteiger partial charge in [-0.25, -0.2) is 0 Å². The molecule has 59 valence electrons. The van der Waals surface area contributed by atoms with Gasteiger partial charge in [0.15, 0.2) is 0 Å². The molecule has 0 saturated carbocycles. The molecule has 1 saturated heterocycles. The zero-order valence-electron chi connectivity index (χ0n) is 6.42.